The fourth-order valence-corrected chi connectivity index (χ4v) is 9.44. The number of anilines is 1. The first-order valence-electron chi connectivity index (χ1n) is 17.4. The van der Waals surface area contributed by atoms with Crippen molar-refractivity contribution < 1.29 is 27.4 Å². The van der Waals surface area contributed by atoms with E-state index < -0.39 is 22.2 Å². The van der Waals surface area contributed by atoms with Gasteiger partial charge in [0.15, 0.2) is 0 Å². The van der Waals surface area contributed by atoms with Crippen LogP contribution in [0.15, 0.2) is 48.6 Å². The number of aryl methyl sites for hydroxylation is 1. The van der Waals surface area contributed by atoms with Gasteiger partial charge in [0, 0.05) is 54.8 Å². The Morgan fingerprint density at radius 2 is 1.98 bits per heavy atom. The molecular weight excluding hydrogens is 652 g/mol. The minimum absolute atomic E-state index is 0.0817. The van der Waals surface area contributed by atoms with Crippen molar-refractivity contribution in [3.05, 3.63) is 70.3 Å². The van der Waals surface area contributed by atoms with Crippen LogP contribution in [0.25, 0.3) is 0 Å². The Morgan fingerprint density at radius 1 is 1.12 bits per heavy atom. The summed E-state index contributed by atoms with van der Waals surface area (Å²) < 4.78 is 49.6. The van der Waals surface area contributed by atoms with E-state index in [9.17, 15) is 13.2 Å². The van der Waals surface area contributed by atoms with Gasteiger partial charge >= 0.3 is 10.2 Å². The molecule has 0 unspecified atom stereocenters. The number of rotatable bonds is 4. The number of ether oxygens (including phenoxy) is 3. The number of fused-ring (bicyclic) bond motifs is 4. The summed E-state index contributed by atoms with van der Waals surface area (Å²) in [6, 6.07) is 11.1. The van der Waals surface area contributed by atoms with Gasteiger partial charge in [0.1, 0.15) is 5.75 Å². The van der Waals surface area contributed by atoms with Gasteiger partial charge in [-0.15, -0.1) is 0 Å². The van der Waals surface area contributed by atoms with Gasteiger partial charge in [-0.2, -0.15) is 13.1 Å². The van der Waals surface area contributed by atoms with Gasteiger partial charge in [-0.05, 0) is 98.7 Å². The van der Waals surface area contributed by atoms with Gasteiger partial charge in [0.25, 0.3) is 5.91 Å². The minimum Gasteiger partial charge on any atom is -0.490 e. The summed E-state index contributed by atoms with van der Waals surface area (Å²) in [6.45, 7) is 8.63. The summed E-state index contributed by atoms with van der Waals surface area (Å²) >= 11 is 6.45. The highest BCUT2D eigenvalue weighted by Gasteiger charge is 2.44. The molecule has 2 aromatic carbocycles. The molecular formula is C36H47ClN4O6S. The number of morpholine rings is 1. The first-order valence-corrected chi connectivity index (χ1v) is 19.3. The molecule has 1 saturated heterocycles. The molecule has 3 aliphatic heterocycles. The predicted molar refractivity (Wildman–Crippen MR) is 186 cm³/mol. The standard InChI is InChI=1S/C36H47ClN4O6S/c1-25-4-2-6-33(46-19-16-40-14-17-45-18-15-40)30-10-7-28(30)22-41-23-36(13-3-5-26-20-29(37)9-11-31(26)36)24-47-34-12-8-27(21-32(34)41)35(42)39-48(43,44)38-25/h2,6,8-9,11-12,20-21,25,28,30,33,38H,3-5,7,10,13-19,22-24H2,1H3,(H,39,42)/b6-2-/t25-,28-,30+,33-,36-/m0/s1. The Labute approximate surface area is 289 Å². The molecule has 0 aromatic heterocycles. The maximum absolute atomic E-state index is 13.3. The fraction of sp³-hybridized carbons (Fsp3) is 0.583. The van der Waals surface area contributed by atoms with Gasteiger partial charge in [-0.25, -0.2) is 4.72 Å². The summed E-state index contributed by atoms with van der Waals surface area (Å²) in [7, 11) is -4.09. The molecule has 0 radical (unpaired) electrons. The second kappa shape index (κ2) is 14.3. The second-order valence-corrected chi connectivity index (χ2v) is 16.1. The number of carbonyl (C=O) groups is 1. The first kappa shape index (κ1) is 33.8. The van der Waals surface area contributed by atoms with Gasteiger partial charge in [-0.1, -0.05) is 29.8 Å². The number of benzene rings is 2. The third kappa shape index (κ3) is 7.41. The van der Waals surface area contributed by atoms with E-state index in [4.69, 9.17) is 25.8 Å². The molecule has 48 heavy (non-hydrogen) atoms. The topological polar surface area (TPSA) is 109 Å². The zero-order valence-corrected chi connectivity index (χ0v) is 29.2. The van der Waals surface area contributed by atoms with Crippen molar-refractivity contribution in [1.82, 2.24) is 14.3 Å². The van der Waals surface area contributed by atoms with Gasteiger partial charge in [-0.3, -0.25) is 9.69 Å². The largest absolute Gasteiger partial charge is 0.490 e. The van der Waals surface area contributed by atoms with Gasteiger partial charge < -0.3 is 19.1 Å². The zero-order chi connectivity index (χ0) is 33.3. The highest BCUT2D eigenvalue weighted by atomic mass is 35.5. The van der Waals surface area contributed by atoms with Crippen LogP contribution >= 0.6 is 11.6 Å². The number of amides is 1. The first-order chi connectivity index (χ1) is 23.2. The molecule has 5 atom stereocenters. The van der Waals surface area contributed by atoms with E-state index in [1.54, 1.807) is 19.1 Å². The molecule has 2 N–H and O–H groups in total. The zero-order valence-electron chi connectivity index (χ0n) is 27.7. The Hall–Kier alpha value is -2.67. The lowest BCUT2D eigenvalue weighted by Gasteiger charge is -2.46. The highest BCUT2D eigenvalue weighted by Crippen LogP contribution is 2.47. The van der Waals surface area contributed by atoms with Crippen molar-refractivity contribution in [2.45, 2.75) is 63.0 Å². The number of nitrogens with one attached hydrogen (secondary N) is 2. The van der Waals surface area contributed by atoms with E-state index in [-0.39, 0.29) is 17.1 Å². The predicted octanol–water partition coefficient (Wildman–Crippen LogP) is 4.47. The smallest absolute Gasteiger partial charge is 0.301 e. The van der Waals surface area contributed by atoms with E-state index in [0.717, 1.165) is 88.8 Å². The van der Waals surface area contributed by atoms with Crippen molar-refractivity contribution in [1.29, 1.82) is 0 Å². The molecule has 2 aromatic rings. The summed E-state index contributed by atoms with van der Waals surface area (Å²) in [5.74, 6) is 0.722. The highest BCUT2D eigenvalue weighted by molar-refractivity contribution is 7.88. The SMILES string of the molecule is C[C@H]1C/C=C\[C@H](OCCN2CCOCC2)[C@@H]2CC[C@H]2CN2C[C@@]3(CCCc4cc(Cl)ccc43)COc3ccc(cc32)C(=O)NS(=O)(=O)N1. The fourth-order valence-electron chi connectivity index (χ4n) is 8.20. The number of nitrogens with zero attached hydrogens (tertiary/aromatic N) is 2. The van der Waals surface area contributed by atoms with Crippen LogP contribution in [-0.2, 0) is 31.5 Å². The van der Waals surface area contributed by atoms with Crippen LogP contribution in [0.2, 0.25) is 5.02 Å². The summed E-state index contributed by atoms with van der Waals surface area (Å²) in [4.78, 5) is 18.1. The number of hydrogen-bond acceptors (Lipinski definition) is 8. The molecule has 10 nitrogen and oxygen atoms in total. The molecule has 2 fully saturated rings. The second-order valence-electron chi connectivity index (χ2n) is 14.2. The normalized spacial score (nSPS) is 31.4. The lowest BCUT2D eigenvalue weighted by Crippen LogP contribution is -2.50. The van der Waals surface area contributed by atoms with Crippen molar-refractivity contribution in [2.75, 3.05) is 64.1 Å². The molecule has 7 rings (SSSR count). The molecule has 1 spiro atoms. The molecule has 2 aliphatic carbocycles. The van der Waals surface area contributed by atoms with E-state index >= 15 is 0 Å². The van der Waals surface area contributed by atoms with E-state index in [2.05, 4.69) is 37.5 Å². The molecule has 1 amide bonds. The van der Waals surface area contributed by atoms with Crippen LogP contribution in [0.3, 0.4) is 0 Å². The van der Waals surface area contributed by atoms with E-state index in [1.165, 1.54) is 11.1 Å². The maximum Gasteiger partial charge on any atom is 0.301 e. The van der Waals surface area contributed by atoms with Crippen LogP contribution in [-0.4, -0.2) is 90.5 Å². The van der Waals surface area contributed by atoms with Crippen LogP contribution in [0.5, 0.6) is 5.75 Å². The van der Waals surface area contributed by atoms with Crippen molar-refractivity contribution in [3.63, 3.8) is 0 Å². The average Bonchev–Trinajstić information content (AvgIpc) is 3.19. The monoisotopic (exact) mass is 698 g/mol. The number of carbonyl (C=O) groups excluding carboxylic acids is 1. The molecule has 2 bridgehead atoms. The maximum atomic E-state index is 13.3. The van der Waals surface area contributed by atoms with Crippen molar-refractivity contribution in [3.8, 4) is 5.75 Å². The lowest BCUT2D eigenvalue weighted by atomic mass is 9.68. The average molecular weight is 699 g/mol. The Balaban J connectivity index is 1.22. The molecule has 5 aliphatic rings. The van der Waals surface area contributed by atoms with Gasteiger partial charge in [0.2, 0.25) is 0 Å². The Morgan fingerprint density at radius 3 is 2.79 bits per heavy atom. The van der Waals surface area contributed by atoms with Crippen LogP contribution in [0, 0.1) is 11.8 Å². The van der Waals surface area contributed by atoms with Crippen molar-refractivity contribution >= 4 is 33.4 Å². The summed E-state index contributed by atoms with van der Waals surface area (Å²) in [5, 5.41) is 0.744. The van der Waals surface area contributed by atoms with Crippen LogP contribution < -0.4 is 19.1 Å². The lowest BCUT2D eigenvalue weighted by molar-refractivity contribution is -0.0314. The molecule has 1 saturated carbocycles. The van der Waals surface area contributed by atoms with E-state index in [0.29, 0.717) is 37.2 Å². The summed E-state index contributed by atoms with van der Waals surface area (Å²) in [6.07, 6.45) is 9.69. The minimum atomic E-state index is -4.09. The molecule has 260 valence electrons. The Bertz CT molecular complexity index is 1630. The number of halogens is 1. The Kier molecular flexibility index (Phi) is 10.1. The van der Waals surface area contributed by atoms with Crippen LogP contribution in [0.1, 0.15) is 60.5 Å². The number of hydrogen-bond donors (Lipinski definition) is 2. The summed E-state index contributed by atoms with van der Waals surface area (Å²) in [5.41, 5.74) is 3.38. The molecule has 3 heterocycles. The van der Waals surface area contributed by atoms with E-state index in [1.807, 2.05) is 18.2 Å². The third-order valence-corrected chi connectivity index (χ3v) is 12.3. The van der Waals surface area contributed by atoms with Gasteiger partial charge in [0.05, 0.1) is 38.2 Å². The van der Waals surface area contributed by atoms with Crippen molar-refractivity contribution in [2.24, 2.45) is 11.8 Å². The quantitative estimate of drug-likeness (QED) is 0.451. The van der Waals surface area contributed by atoms with Crippen LogP contribution in [0.4, 0.5) is 5.69 Å². The third-order valence-electron chi connectivity index (χ3n) is 10.9. The molecule has 12 heteroatoms.